The van der Waals surface area contributed by atoms with Crippen molar-refractivity contribution in [2.45, 2.75) is 19.9 Å². The molecule has 3 aromatic rings. The van der Waals surface area contributed by atoms with E-state index in [1.54, 1.807) is 19.1 Å². The third kappa shape index (κ3) is 5.25. The maximum Gasteiger partial charge on any atom is 0.325 e. The Hall–Kier alpha value is -4.01. The number of rotatable bonds is 8. The van der Waals surface area contributed by atoms with Gasteiger partial charge in [0.15, 0.2) is 0 Å². The number of halogens is 1. The molecule has 0 atom stereocenters. The zero-order chi connectivity index (χ0) is 23.2. The number of aromatic nitrogens is 2. The molecule has 2 aromatic carbocycles. The van der Waals surface area contributed by atoms with Crippen molar-refractivity contribution in [2.75, 3.05) is 29.9 Å². The molecule has 4 rings (SSSR count). The van der Waals surface area contributed by atoms with Gasteiger partial charge in [-0.2, -0.15) is 4.98 Å². The minimum absolute atomic E-state index is 0.192. The Morgan fingerprint density at radius 2 is 1.94 bits per heavy atom. The summed E-state index contributed by atoms with van der Waals surface area (Å²) in [5.41, 5.74) is 3.25. The number of amides is 1. The van der Waals surface area contributed by atoms with Gasteiger partial charge in [-0.1, -0.05) is 30.3 Å². The Labute approximate surface area is 190 Å². The zero-order valence-electron chi connectivity index (χ0n) is 18.2. The lowest BCUT2D eigenvalue weighted by molar-refractivity contribution is -0.141. The zero-order valence-corrected chi connectivity index (χ0v) is 18.2. The monoisotopic (exact) mass is 449 g/mol. The van der Waals surface area contributed by atoms with Gasteiger partial charge in [0.25, 0.3) is 5.91 Å². The van der Waals surface area contributed by atoms with Crippen molar-refractivity contribution >= 4 is 29.3 Å². The summed E-state index contributed by atoms with van der Waals surface area (Å²) in [7, 11) is 0. The number of esters is 1. The second kappa shape index (κ2) is 10.1. The molecule has 0 saturated carbocycles. The quantitative estimate of drug-likeness (QED) is 0.510. The van der Waals surface area contributed by atoms with Gasteiger partial charge in [0.2, 0.25) is 5.95 Å². The lowest BCUT2D eigenvalue weighted by Crippen LogP contribution is -2.31. The molecule has 170 valence electrons. The Morgan fingerprint density at radius 3 is 2.73 bits per heavy atom. The van der Waals surface area contributed by atoms with Crippen LogP contribution in [0.5, 0.6) is 0 Å². The molecule has 8 nitrogen and oxygen atoms in total. The summed E-state index contributed by atoms with van der Waals surface area (Å²) >= 11 is 0. The SMILES string of the molecule is CCOC(=O)CNC(=O)c1cnc(N2CCc3ccccc32)nc1NCc1ccc(F)cc1. The average molecular weight is 449 g/mol. The summed E-state index contributed by atoms with van der Waals surface area (Å²) in [5, 5.41) is 5.69. The number of ether oxygens (including phenoxy) is 1. The largest absolute Gasteiger partial charge is 0.465 e. The Balaban J connectivity index is 1.59. The molecule has 33 heavy (non-hydrogen) atoms. The molecule has 1 aliphatic heterocycles. The van der Waals surface area contributed by atoms with Gasteiger partial charge in [0.1, 0.15) is 23.7 Å². The van der Waals surface area contributed by atoms with Crippen LogP contribution in [0.25, 0.3) is 0 Å². The van der Waals surface area contributed by atoms with Crippen LogP contribution in [0.4, 0.5) is 21.8 Å². The van der Waals surface area contributed by atoms with Crippen LogP contribution in [0.1, 0.15) is 28.4 Å². The Morgan fingerprint density at radius 1 is 1.15 bits per heavy atom. The van der Waals surface area contributed by atoms with Gasteiger partial charge in [0, 0.05) is 25.0 Å². The number of hydrogen-bond donors (Lipinski definition) is 2. The molecule has 9 heteroatoms. The van der Waals surface area contributed by atoms with Crippen LogP contribution in [0.3, 0.4) is 0 Å². The van der Waals surface area contributed by atoms with Crippen LogP contribution in [-0.4, -0.2) is 41.5 Å². The van der Waals surface area contributed by atoms with Crippen molar-refractivity contribution < 1.29 is 18.7 Å². The maximum atomic E-state index is 13.2. The van der Waals surface area contributed by atoms with E-state index in [9.17, 15) is 14.0 Å². The number of carbonyl (C=O) groups is 2. The van der Waals surface area contributed by atoms with Gasteiger partial charge in [0.05, 0.1) is 6.61 Å². The normalized spacial score (nSPS) is 12.2. The second-order valence-corrected chi connectivity index (χ2v) is 7.43. The summed E-state index contributed by atoms with van der Waals surface area (Å²) < 4.78 is 18.1. The highest BCUT2D eigenvalue weighted by Gasteiger charge is 2.24. The number of fused-ring (bicyclic) bond motifs is 1. The highest BCUT2D eigenvalue weighted by molar-refractivity contribution is 6.00. The van der Waals surface area contributed by atoms with Gasteiger partial charge in [-0.15, -0.1) is 0 Å². The van der Waals surface area contributed by atoms with Gasteiger partial charge in [-0.25, -0.2) is 9.37 Å². The molecular formula is C24H24FN5O3. The maximum absolute atomic E-state index is 13.2. The van der Waals surface area contributed by atoms with Crippen LogP contribution < -0.4 is 15.5 Å². The molecule has 0 unspecified atom stereocenters. The van der Waals surface area contributed by atoms with Gasteiger partial charge >= 0.3 is 5.97 Å². The molecule has 0 radical (unpaired) electrons. The van der Waals surface area contributed by atoms with E-state index in [0.717, 1.165) is 24.2 Å². The van der Waals surface area contributed by atoms with E-state index in [2.05, 4.69) is 26.7 Å². The third-order valence-corrected chi connectivity index (χ3v) is 5.22. The van der Waals surface area contributed by atoms with Crippen molar-refractivity contribution in [2.24, 2.45) is 0 Å². The van der Waals surface area contributed by atoms with E-state index in [1.165, 1.54) is 23.9 Å². The molecule has 0 bridgehead atoms. The molecule has 0 saturated heterocycles. The fraction of sp³-hybridized carbons (Fsp3) is 0.250. The van der Waals surface area contributed by atoms with Crippen molar-refractivity contribution in [3.63, 3.8) is 0 Å². The number of benzene rings is 2. The molecule has 2 N–H and O–H groups in total. The van der Waals surface area contributed by atoms with Gasteiger partial charge in [-0.3, -0.25) is 9.59 Å². The first-order valence-corrected chi connectivity index (χ1v) is 10.7. The van der Waals surface area contributed by atoms with Gasteiger partial charge < -0.3 is 20.3 Å². The summed E-state index contributed by atoms with van der Waals surface area (Å²) in [6.45, 7) is 2.72. The van der Waals surface area contributed by atoms with E-state index in [1.807, 2.05) is 23.1 Å². The molecule has 0 fully saturated rings. The molecule has 1 aromatic heterocycles. The predicted octanol–water partition coefficient (Wildman–Crippen LogP) is 3.21. The van der Waals surface area contributed by atoms with Crippen molar-refractivity contribution in [1.29, 1.82) is 0 Å². The molecule has 1 amide bonds. The topological polar surface area (TPSA) is 96.4 Å². The van der Waals surface area contributed by atoms with Crippen LogP contribution >= 0.6 is 0 Å². The van der Waals surface area contributed by atoms with Gasteiger partial charge in [-0.05, 0) is 42.7 Å². The molecule has 2 heterocycles. The third-order valence-electron chi connectivity index (χ3n) is 5.22. The minimum atomic E-state index is -0.530. The first-order chi connectivity index (χ1) is 16.0. The van der Waals surface area contributed by atoms with Crippen molar-refractivity contribution in [3.8, 4) is 0 Å². The highest BCUT2D eigenvalue weighted by Crippen LogP contribution is 2.33. The molecule has 0 spiro atoms. The average Bonchev–Trinajstić information content (AvgIpc) is 3.26. The number of carbonyl (C=O) groups excluding carboxylic acids is 2. The highest BCUT2D eigenvalue weighted by atomic mass is 19.1. The fourth-order valence-electron chi connectivity index (χ4n) is 3.60. The summed E-state index contributed by atoms with van der Waals surface area (Å²) in [5.74, 6) is -0.579. The number of anilines is 3. The number of hydrogen-bond acceptors (Lipinski definition) is 7. The lowest BCUT2D eigenvalue weighted by atomic mass is 10.2. The number of nitrogens with one attached hydrogen (secondary N) is 2. The molecule has 0 aliphatic carbocycles. The van der Waals surface area contributed by atoms with E-state index in [0.29, 0.717) is 18.3 Å². The standard InChI is InChI=1S/C24H24FN5O3/c1-2-33-21(31)15-27-23(32)19-14-28-24(30-12-11-17-5-3-4-6-20(17)30)29-22(19)26-13-16-7-9-18(25)10-8-16/h3-10,14H,2,11-13,15H2,1H3,(H,27,32)(H,26,28,29). The first kappa shape index (κ1) is 22.2. The predicted molar refractivity (Wildman–Crippen MR) is 122 cm³/mol. The summed E-state index contributed by atoms with van der Waals surface area (Å²) in [6.07, 6.45) is 2.32. The van der Waals surface area contributed by atoms with Crippen LogP contribution in [0.2, 0.25) is 0 Å². The van der Waals surface area contributed by atoms with E-state index in [-0.39, 0.29) is 24.5 Å². The smallest absolute Gasteiger partial charge is 0.325 e. The minimum Gasteiger partial charge on any atom is -0.465 e. The van der Waals surface area contributed by atoms with Crippen LogP contribution in [-0.2, 0) is 22.5 Å². The van der Waals surface area contributed by atoms with Crippen molar-refractivity contribution in [1.82, 2.24) is 15.3 Å². The Kier molecular flexibility index (Phi) is 6.77. The molecular weight excluding hydrogens is 425 g/mol. The fourth-order valence-corrected chi connectivity index (χ4v) is 3.60. The number of para-hydroxylation sites is 1. The second-order valence-electron chi connectivity index (χ2n) is 7.43. The summed E-state index contributed by atoms with van der Waals surface area (Å²) in [6, 6.07) is 14.1. The first-order valence-electron chi connectivity index (χ1n) is 10.7. The van der Waals surface area contributed by atoms with Crippen LogP contribution in [0.15, 0.2) is 54.7 Å². The number of nitrogens with zero attached hydrogens (tertiary/aromatic N) is 3. The van der Waals surface area contributed by atoms with E-state index >= 15 is 0 Å². The van der Waals surface area contributed by atoms with Crippen molar-refractivity contribution in [3.05, 3.63) is 77.2 Å². The molecule has 1 aliphatic rings. The van der Waals surface area contributed by atoms with Crippen LogP contribution in [0, 0.1) is 5.82 Å². The summed E-state index contributed by atoms with van der Waals surface area (Å²) in [4.78, 5) is 35.4. The van der Waals surface area contributed by atoms with E-state index < -0.39 is 11.9 Å². The van der Waals surface area contributed by atoms with E-state index in [4.69, 9.17) is 4.74 Å². The lowest BCUT2D eigenvalue weighted by Gasteiger charge is -2.19. The Bertz CT molecular complexity index is 1150.